The number of ether oxygens (including phenoxy) is 4. The normalized spacial score (nSPS) is 16.7. The first kappa shape index (κ1) is 21.0. The fourth-order valence-corrected chi connectivity index (χ4v) is 2.93. The number of anilines is 2. The average Bonchev–Trinajstić information content (AvgIpc) is 2.72. The molecule has 2 aromatic carbocycles. The predicted octanol–water partition coefficient (Wildman–Crippen LogP) is 4.08. The van der Waals surface area contributed by atoms with Crippen molar-refractivity contribution in [3.63, 3.8) is 0 Å². The van der Waals surface area contributed by atoms with Crippen molar-refractivity contribution in [2.45, 2.75) is 19.4 Å². The molecular weight excluding hydrogens is 388 g/mol. The molecule has 0 bridgehead atoms. The minimum atomic E-state index is -0.738. The van der Waals surface area contributed by atoms with Crippen molar-refractivity contribution in [1.29, 1.82) is 0 Å². The highest BCUT2D eigenvalue weighted by Crippen LogP contribution is 2.33. The van der Waals surface area contributed by atoms with Crippen molar-refractivity contribution < 1.29 is 28.5 Å². The molecule has 2 aromatic rings. The van der Waals surface area contributed by atoms with E-state index in [9.17, 15) is 9.59 Å². The van der Waals surface area contributed by atoms with Gasteiger partial charge in [-0.25, -0.2) is 4.79 Å². The highest BCUT2D eigenvalue weighted by molar-refractivity contribution is 6.00. The quantitative estimate of drug-likeness (QED) is 0.695. The zero-order chi connectivity index (χ0) is 21.7. The predicted molar refractivity (Wildman–Crippen MR) is 113 cm³/mol. The van der Waals surface area contributed by atoms with Crippen LogP contribution in [0.4, 0.5) is 16.2 Å². The van der Waals surface area contributed by atoms with Crippen molar-refractivity contribution in [1.82, 2.24) is 0 Å². The second-order valence-corrected chi connectivity index (χ2v) is 6.93. The molecule has 1 aliphatic heterocycles. The van der Waals surface area contributed by atoms with Gasteiger partial charge in [0.1, 0.15) is 12.4 Å². The Morgan fingerprint density at radius 1 is 1.00 bits per heavy atom. The van der Waals surface area contributed by atoms with Gasteiger partial charge in [0.2, 0.25) is 0 Å². The first-order chi connectivity index (χ1) is 14.3. The molecular formula is C22H24N2O6. The van der Waals surface area contributed by atoms with Gasteiger partial charge in [-0.3, -0.25) is 4.79 Å². The Morgan fingerprint density at radius 3 is 2.33 bits per heavy atom. The summed E-state index contributed by atoms with van der Waals surface area (Å²) >= 11 is 0. The molecule has 158 valence electrons. The van der Waals surface area contributed by atoms with Crippen LogP contribution in [0.5, 0.6) is 17.2 Å². The largest absolute Gasteiger partial charge is 0.493 e. The minimum absolute atomic E-state index is 0.117. The summed E-state index contributed by atoms with van der Waals surface area (Å²) in [4.78, 5) is 23.4. The van der Waals surface area contributed by atoms with Gasteiger partial charge < -0.3 is 29.6 Å². The molecule has 2 N–H and O–H groups in total. The molecule has 0 saturated carbocycles. The van der Waals surface area contributed by atoms with Crippen LogP contribution in [0.25, 0.3) is 6.08 Å². The number of urea groups is 1. The van der Waals surface area contributed by atoms with E-state index in [1.807, 2.05) is 19.1 Å². The van der Waals surface area contributed by atoms with Gasteiger partial charge in [-0.2, -0.15) is 0 Å². The van der Waals surface area contributed by atoms with Crippen molar-refractivity contribution in [3.05, 3.63) is 48.0 Å². The van der Waals surface area contributed by atoms with E-state index >= 15 is 0 Å². The Labute approximate surface area is 174 Å². The van der Waals surface area contributed by atoms with Crippen LogP contribution in [0.3, 0.4) is 0 Å². The second-order valence-electron chi connectivity index (χ2n) is 6.93. The number of nitrogens with one attached hydrogen (secondary N) is 2. The lowest BCUT2D eigenvalue weighted by Crippen LogP contribution is -2.37. The number of methoxy groups -OCH3 is 2. The summed E-state index contributed by atoms with van der Waals surface area (Å²) in [5.41, 5.74) is 1.23. The molecule has 0 fully saturated rings. The third kappa shape index (κ3) is 5.02. The van der Waals surface area contributed by atoms with Gasteiger partial charge in [-0.05, 0) is 43.3 Å². The minimum Gasteiger partial charge on any atom is -0.493 e. The molecule has 0 aromatic heterocycles. The van der Waals surface area contributed by atoms with E-state index in [0.29, 0.717) is 28.6 Å². The van der Waals surface area contributed by atoms with E-state index in [2.05, 4.69) is 10.6 Å². The number of hydrogen-bond acceptors (Lipinski definition) is 6. The van der Waals surface area contributed by atoms with Gasteiger partial charge >= 0.3 is 12.0 Å². The Hall–Kier alpha value is -3.68. The molecule has 3 rings (SSSR count). The van der Waals surface area contributed by atoms with Crippen molar-refractivity contribution in [3.8, 4) is 17.2 Å². The van der Waals surface area contributed by atoms with Crippen LogP contribution in [-0.4, -0.2) is 38.4 Å². The summed E-state index contributed by atoms with van der Waals surface area (Å²) in [5.74, 6) is 1.37. The molecule has 2 amide bonds. The summed E-state index contributed by atoms with van der Waals surface area (Å²) < 4.78 is 21.5. The Morgan fingerprint density at radius 2 is 1.67 bits per heavy atom. The van der Waals surface area contributed by atoms with Crippen LogP contribution in [0.2, 0.25) is 0 Å². The highest BCUT2D eigenvalue weighted by atomic mass is 16.6. The summed E-state index contributed by atoms with van der Waals surface area (Å²) in [5, 5.41) is 5.54. The molecule has 1 aliphatic rings. The smallest absolute Gasteiger partial charge is 0.323 e. The third-order valence-corrected chi connectivity index (χ3v) is 4.43. The topological polar surface area (TPSA) is 95.1 Å². The first-order valence-corrected chi connectivity index (χ1v) is 9.27. The molecule has 1 unspecified atom stereocenters. The monoisotopic (exact) mass is 412 g/mol. The standard InChI is InChI=1S/C22H24N2O6/c1-14(25)29-13-22(2)10-9-15-11-16(5-7-18(15)30-22)23-21(26)24-17-6-8-19(27-3)20(12-17)28-4/h5-12H,13H2,1-4H3,(H2,23,24,26). The van der Waals surface area contributed by atoms with Gasteiger partial charge in [0.05, 0.1) is 14.2 Å². The van der Waals surface area contributed by atoms with Crippen molar-refractivity contribution in [2.75, 3.05) is 31.5 Å². The first-order valence-electron chi connectivity index (χ1n) is 9.27. The fraction of sp³-hybridized carbons (Fsp3) is 0.273. The number of benzene rings is 2. The van der Waals surface area contributed by atoms with E-state index in [1.54, 1.807) is 43.5 Å². The average molecular weight is 412 g/mol. The summed E-state index contributed by atoms with van der Waals surface area (Å²) in [6.45, 7) is 3.30. The number of esters is 1. The van der Waals surface area contributed by atoms with Gasteiger partial charge in [-0.15, -0.1) is 0 Å². The number of fused-ring (bicyclic) bond motifs is 1. The van der Waals surface area contributed by atoms with Crippen LogP contribution in [0, 0.1) is 0 Å². The second kappa shape index (κ2) is 8.77. The number of carbonyl (C=O) groups excluding carboxylic acids is 2. The number of carbonyl (C=O) groups is 2. The zero-order valence-corrected chi connectivity index (χ0v) is 17.3. The maximum Gasteiger partial charge on any atom is 0.323 e. The van der Waals surface area contributed by atoms with E-state index in [-0.39, 0.29) is 12.6 Å². The Kier molecular flexibility index (Phi) is 6.15. The van der Waals surface area contributed by atoms with E-state index in [0.717, 1.165) is 5.56 Å². The summed E-state index contributed by atoms with van der Waals surface area (Å²) in [7, 11) is 3.08. The van der Waals surface area contributed by atoms with Crippen LogP contribution in [0.15, 0.2) is 42.5 Å². The van der Waals surface area contributed by atoms with Gasteiger partial charge in [0.15, 0.2) is 17.1 Å². The van der Waals surface area contributed by atoms with Crippen molar-refractivity contribution >= 4 is 29.5 Å². The van der Waals surface area contributed by atoms with E-state index < -0.39 is 11.6 Å². The lowest BCUT2D eigenvalue weighted by atomic mass is 10.0. The van der Waals surface area contributed by atoms with E-state index in [1.165, 1.54) is 14.0 Å². The Balaban J connectivity index is 1.65. The number of amides is 2. The van der Waals surface area contributed by atoms with E-state index in [4.69, 9.17) is 18.9 Å². The van der Waals surface area contributed by atoms with Crippen LogP contribution < -0.4 is 24.8 Å². The highest BCUT2D eigenvalue weighted by Gasteiger charge is 2.29. The SMILES string of the molecule is COc1ccc(NC(=O)Nc2ccc3c(c2)C=CC(C)(COC(C)=O)O3)cc1OC. The maximum absolute atomic E-state index is 12.4. The molecule has 0 saturated heterocycles. The van der Waals surface area contributed by atoms with Gasteiger partial charge in [0.25, 0.3) is 0 Å². The molecule has 30 heavy (non-hydrogen) atoms. The van der Waals surface area contributed by atoms with Crippen LogP contribution >= 0.6 is 0 Å². The third-order valence-electron chi connectivity index (χ3n) is 4.43. The number of rotatable bonds is 6. The molecule has 1 heterocycles. The van der Waals surface area contributed by atoms with Gasteiger partial charge in [0, 0.05) is 29.9 Å². The molecule has 1 atom stereocenters. The lowest BCUT2D eigenvalue weighted by Gasteiger charge is -2.31. The lowest BCUT2D eigenvalue weighted by molar-refractivity contribution is -0.145. The fourth-order valence-electron chi connectivity index (χ4n) is 2.93. The summed E-state index contributed by atoms with van der Waals surface area (Å²) in [6, 6.07) is 9.99. The number of hydrogen-bond donors (Lipinski definition) is 2. The molecule has 8 nitrogen and oxygen atoms in total. The molecule has 0 radical (unpaired) electrons. The van der Waals surface area contributed by atoms with Crippen LogP contribution in [-0.2, 0) is 9.53 Å². The Bertz CT molecular complexity index is 988. The van der Waals surface area contributed by atoms with Gasteiger partial charge in [-0.1, -0.05) is 6.08 Å². The zero-order valence-electron chi connectivity index (χ0n) is 17.3. The molecule has 0 aliphatic carbocycles. The van der Waals surface area contributed by atoms with Crippen molar-refractivity contribution in [2.24, 2.45) is 0 Å². The summed E-state index contributed by atoms with van der Waals surface area (Å²) in [6.07, 6.45) is 3.70. The maximum atomic E-state index is 12.4. The molecule has 0 spiro atoms. The molecule has 8 heteroatoms. The van der Waals surface area contributed by atoms with Crippen LogP contribution in [0.1, 0.15) is 19.4 Å².